The van der Waals surface area contributed by atoms with Gasteiger partial charge < -0.3 is 9.71 Å². The van der Waals surface area contributed by atoms with Crippen molar-refractivity contribution in [3.8, 4) is 0 Å². The van der Waals surface area contributed by atoms with Crippen molar-refractivity contribution in [1.29, 1.82) is 0 Å². The molecular weight excluding hydrogens is 135 g/mol. The molecule has 11 heavy (non-hydrogen) atoms. The number of hydrogen-bond acceptors (Lipinski definition) is 2. The van der Waals surface area contributed by atoms with Gasteiger partial charge in [-0.25, -0.2) is 0 Å². The molecule has 0 unspecified atom stereocenters. The van der Waals surface area contributed by atoms with Gasteiger partial charge in [0.2, 0.25) is 7.98 Å². The normalized spacial score (nSPS) is 19.7. The fraction of sp³-hybridized carbons (Fsp3) is 0.750. The Kier molecular flexibility index (Phi) is 1.91. The average molecular weight is 152 g/mol. The molecule has 0 radical (unpaired) electrons. The van der Waals surface area contributed by atoms with E-state index in [9.17, 15) is 0 Å². The second-order valence-electron chi connectivity index (χ2n) is 4.16. The second kappa shape index (κ2) is 2.47. The molecule has 0 bridgehead atoms. The Bertz CT molecular complexity index is 171. The van der Waals surface area contributed by atoms with Crippen LogP contribution in [0.4, 0.5) is 0 Å². The Balaban J connectivity index is 2.70. The van der Waals surface area contributed by atoms with Crippen LogP contribution in [0.5, 0.6) is 0 Å². The van der Waals surface area contributed by atoms with E-state index in [2.05, 4.69) is 45.0 Å². The van der Waals surface area contributed by atoms with Crippen LogP contribution in [0.25, 0.3) is 0 Å². The van der Waals surface area contributed by atoms with Crippen molar-refractivity contribution in [1.82, 2.24) is 9.71 Å². The first-order valence-corrected chi connectivity index (χ1v) is 4.10. The highest BCUT2D eigenvalue weighted by atomic mass is 15.4. The van der Waals surface area contributed by atoms with Crippen molar-refractivity contribution < 1.29 is 0 Å². The van der Waals surface area contributed by atoms with E-state index in [-0.39, 0.29) is 5.54 Å². The molecule has 0 spiro atoms. The van der Waals surface area contributed by atoms with Gasteiger partial charge >= 0.3 is 0 Å². The standard InChI is InChI=1S/C8H17BN2/c1-7-10(8(2,3)4)5-6-11(7)9/h1,5-6,9H2,2-4H3. The summed E-state index contributed by atoms with van der Waals surface area (Å²) in [4.78, 5) is 4.54. The lowest BCUT2D eigenvalue weighted by molar-refractivity contribution is 0.209. The van der Waals surface area contributed by atoms with Gasteiger partial charge in [0.15, 0.2) is 0 Å². The fourth-order valence-electron chi connectivity index (χ4n) is 1.44. The predicted molar refractivity (Wildman–Crippen MR) is 50.8 cm³/mol. The minimum atomic E-state index is 0.224. The Morgan fingerprint density at radius 1 is 1.36 bits per heavy atom. The Morgan fingerprint density at radius 3 is 2.09 bits per heavy atom. The second-order valence-corrected chi connectivity index (χ2v) is 4.16. The lowest BCUT2D eigenvalue weighted by atomic mass is 10.1. The van der Waals surface area contributed by atoms with Gasteiger partial charge in [-0.3, -0.25) is 0 Å². The summed E-state index contributed by atoms with van der Waals surface area (Å²) in [5.41, 5.74) is 0.224. The Hall–Kier alpha value is -0.595. The van der Waals surface area contributed by atoms with Gasteiger partial charge in [-0.15, -0.1) is 0 Å². The van der Waals surface area contributed by atoms with Crippen molar-refractivity contribution in [2.24, 2.45) is 0 Å². The first-order chi connectivity index (χ1) is 4.93. The van der Waals surface area contributed by atoms with E-state index in [4.69, 9.17) is 0 Å². The quantitative estimate of drug-likeness (QED) is 0.464. The third-order valence-electron chi connectivity index (χ3n) is 2.22. The first kappa shape index (κ1) is 8.50. The molecule has 0 aromatic heterocycles. The zero-order chi connectivity index (χ0) is 8.65. The van der Waals surface area contributed by atoms with Crippen LogP contribution in [-0.4, -0.2) is 36.3 Å². The highest BCUT2D eigenvalue weighted by molar-refractivity contribution is 6.05. The van der Waals surface area contributed by atoms with Crippen molar-refractivity contribution >= 4 is 7.98 Å². The van der Waals surface area contributed by atoms with E-state index < -0.39 is 0 Å². The van der Waals surface area contributed by atoms with Crippen LogP contribution in [0.2, 0.25) is 0 Å². The molecular formula is C8H17BN2. The van der Waals surface area contributed by atoms with Gasteiger partial charge in [-0.2, -0.15) is 0 Å². The van der Waals surface area contributed by atoms with E-state index in [1.54, 1.807) is 0 Å². The SMILES string of the molecule is BN1CCN(C(C)(C)C)C1=C. The zero-order valence-corrected chi connectivity index (χ0v) is 8.02. The molecule has 0 saturated carbocycles. The summed E-state index contributed by atoms with van der Waals surface area (Å²) in [6, 6.07) is 0. The molecule has 0 amide bonds. The summed E-state index contributed by atoms with van der Waals surface area (Å²) in [5.74, 6) is 1.15. The van der Waals surface area contributed by atoms with Crippen LogP contribution in [-0.2, 0) is 0 Å². The van der Waals surface area contributed by atoms with E-state index in [1.165, 1.54) is 0 Å². The summed E-state index contributed by atoms with van der Waals surface area (Å²) in [7, 11) is 2.09. The summed E-state index contributed by atoms with van der Waals surface area (Å²) in [6.07, 6.45) is 0. The maximum absolute atomic E-state index is 4.03. The maximum Gasteiger partial charge on any atom is 0.219 e. The van der Waals surface area contributed by atoms with E-state index in [0.29, 0.717) is 0 Å². The van der Waals surface area contributed by atoms with Crippen molar-refractivity contribution in [2.75, 3.05) is 13.1 Å². The average Bonchev–Trinajstić information content (AvgIpc) is 2.11. The van der Waals surface area contributed by atoms with Crippen molar-refractivity contribution in [3.05, 3.63) is 12.4 Å². The number of nitrogens with zero attached hydrogens (tertiary/aromatic N) is 2. The molecule has 1 aliphatic rings. The van der Waals surface area contributed by atoms with E-state index in [0.717, 1.165) is 18.9 Å². The minimum Gasteiger partial charge on any atom is -0.408 e. The molecule has 3 heteroatoms. The van der Waals surface area contributed by atoms with Crippen molar-refractivity contribution in [3.63, 3.8) is 0 Å². The van der Waals surface area contributed by atoms with Crippen LogP contribution in [0, 0.1) is 0 Å². The van der Waals surface area contributed by atoms with Gasteiger partial charge in [0.1, 0.15) is 0 Å². The summed E-state index contributed by atoms with van der Waals surface area (Å²) < 4.78 is 0. The predicted octanol–water partition coefficient (Wildman–Crippen LogP) is 0.422. The lowest BCUT2D eigenvalue weighted by Gasteiger charge is -2.34. The van der Waals surface area contributed by atoms with Crippen LogP contribution < -0.4 is 0 Å². The largest absolute Gasteiger partial charge is 0.408 e. The van der Waals surface area contributed by atoms with Gasteiger partial charge in [0.25, 0.3) is 0 Å². The van der Waals surface area contributed by atoms with E-state index >= 15 is 0 Å². The molecule has 1 fully saturated rings. The minimum absolute atomic E-state index is 0.224. The van der Waals surface area contributed by atoms with Gasteiger partial charge in [0.05, 0.1) is 5.82 Å². The molecule has 62 valence electrons. The van der Waals surface area contributed by atoms with Gasteiger partial charge in [-0.05, 0) is 20.8 Å². The topological polar surface area (TPSA) is 6.48 Å². The molecule has 0 aliphatic carbocycles. The van der Waals surface area contributed by atoms with Crippen LogP contribution in [0.1, 0.15) is 20.8 Å². The van der Waals surface area contributed by atoms with Crippen LogP contribution in [0.3, 0.4) is 0 Å². The Morgan fingerprint density at radius 2 is 1.91 bits per heavy atom. The van der Waals surface area contributed by atoms with Crippen LogP contribution in [0.15, 0.2) is 12.4 Å². The zero-order valence-electron chi connectivity index (χ0n) is 8.02. The highest BCUT2D eigenvalue weighted by Crippen LogP contribution is 2.23. The number of hydrogen-bond donors (Lipinski definition) is 0. The smallest absolute Gasteiger partial charge is 0.219 e. The lowest BCUT2D eigenvalue weighted by Crippen LogP contribution is -2.38. The Labute approximate surface area is 70.3 Å². The first-order valence-electron chi connectivity index (χ1n) is 4.10. The van der Waals surface area contributed by atoms with Gasteiger partial charge in [-0.1, -0.05) is 6.58 Å². The molecule has 2 nitrogen and oxygen atoms in total. The molecule has 0 atom stereocenters. The third kappa shape index (κ3) is 1.52. The van der Waals surface area contributed by atoms with E-state index in [1.807, 2.05) is 0 Å². The molecule has 1 aliphatic heterocycles. The van der Waals surface area contributed by atoms with Crippen LogP contribution >= 0.6 is 0 Å². The number of rotatable bonds is 0. The maximum atomic E-state index is 4.03. The molecule has 0 aromatic carbocycles. The summed E-state index contributed by atoms with van der Waals surface area (Å²) >= 11 is 0. The molecule has 1 heterocycles. The summed E-state index contributed by atoms with van der Waals surface area (Å²) in [6.45, 7) is 12.9. The van der Waals surface area contributed by atoms with Crippen molar-refractivity contribution in [2.45, 2.75) is 26.3 Å². The monoisotopic (exact) mass is 152 g/mol. The molecule has 0 aromatic rings. The summed E-state index contributed by atoms with van der Waals surface area (Å²) in [5, 5.41) is 0. The fourth-order valence-corrected chi connectivity index (χ4v) is 1.44. The van der Waals surface area contributed by atoms with Gasteiger partial charge in [0, 0.05) is 18.6 Å². The molecule has 1 rings (SSSR count). The third-order valence-corrected chi connectivity index (χ3v) is 2.22. The highest BCUT2D eigenvalue weighted by Gasteiger charge is 2.28. The molecule has 1 saturated heterocycles. The molecule has 0 N–H and O–H groups in total.